The predicted octanol–water partition coefficient (Wildman–Crippen LogP) is 2.55. The molecule has 2 atom stereocenters. The molecule has 2 aromatic rings. The molecule has 1 aromatic heterocycles. The maximum absolute atomic E-state index is 12.1. The van der Waals surface area contributed by atoms with Gasteiger partial charge in [0.25, 0.3) is 0 Å². The van der Waals surface area contributed by atoms with Gasteiger partial charge < -0.3 is 10.4 Å². The Hall–Kier alpha value is -1.72. The van der Waals surface area contributed by atoms with Gasteiger partial charge in [-0.2, -0.15) is 0 Å². The van der Waals surface area contributed by atoms with Crippen LogP contribution < -0.4 is 5.32 Å². The number of aliphatic hydroxyl groups excluding tert-OH is 1. The number of aryl methyl sites for hydroxylation is 2. The van der Waals surface area contributed by atoms with Crippen LogP contribution in [0.2, 0.25) is 0 Å². The molecule has 1 aliphatic carbocycles. The van der Waals surface area contributed by atoms with Crippen molar-refractivity contribution in [2.24, 2.45) is 0 Å². The molecule has 1 amide bonds. The van der Waals surface area contributed by atoms with Gasteiger partial charge in [-0.25, -0.2) is 4.98 Å². The number of nitrogens with zero attached hydrogens (tertiary/aromatic N) is 1. The zero-order valence-electron chi connectivity index (χ0n) is 12.6. The minimum atomic E-state index is -0.525. The van der Waals surface area contributed by atoms with Crippen LogP contribution in [0.15, 0.2) is 29.6 Å². The van der Waals surface area contributed by atoms with Gasteiger partial charge in [0.1, 0.15) is 0 Å². The third kappa shape index (κ3) is 3.36. The summed E-state index contributed by atoms with van der Waals surface area (Å²) >= 11 is 1.64. The Morgan fingerprint density at radius 1 is 1.45 bits per heavy atom. The highest BCUT2D eigenvalue weighted by molar-refractivity contribution is 7.09. The lowest BCUT2D eigenvalue weighted by molar-refractivity contribution is -0.122. The molecule has 2 unspecified atom stereocenters. The van der Waals surface area contributed by atoms with E-state index in [9.17, 15) is 9.90 Å². The Morgan fingerprint density at radius 3 is 3.05 bits per heavy atom. The number of hydrogen-bond donors (Lipinski definition) is 2. The van der Waals surface area contributed by atoms with Crippen molar-refractivity contribution in [2.45, 2.75) is 44.8 Å². The number of thiazole rings is 1. The zero-order valence-corrected chi connectivity index (χ0v) is 13.4. The minimum Gasteiger partial charge on any atom is -0.390 e. The third-order valence-corrected chi connectivity index (χ3v) is 4.85. The maximum Gasteiger partial charge on any atom is 0.220 e. The molecule has 116 valence electrons. The highest BCUT2D eigenvalue weighted by Crippen LogP contribution is 2.31. The van der Waals surface area contributed by atoms with Crippen LogP contribution in [0.1, 0.15) is 40.7 Å². The molecule has 0 radical (unpaired) electrons. The number of aromatic nitrogens is 1. The summed E-state index contributed by atoms with van der Waals surface area (Å²) < 4.78 is 0. The average molecular weight is 316 g/mol. The smallest absolute Gasteiger partial charge is 0.220 e. The topological polar surface area (TPSA) is 62.2 Å². The highest BCUT2D eigenvalue weighted by atomic mass is 32.1. The molecule has 1 aliphatic rings. The first-order valence-electron chi connectivity index (χ1n) is 7.59. The van der Waals surface area contributed by atoms with E-state index in [0.29, 0.717) is 12.8 Å². The molecule has 1 heterocycles. The summed E-state index contributed by atoms with van der Waals surface area (Å²) in [7, 11) is 0. The quantitative estimate of drug-likeness (QED) is 0.891. The van der Waals surface area contributed by atoms with Crippen LogP contribution in [0, 0.1) is 6.92 Å². The first-order chi connectivity index (χ1) is 10.6. The van der Waals surface area contributed by atoms with Crippen LogP contribution >= 0.6 is 11.3 Å². The van der Waals surface area contributed by atoms with E-state index in [0.717, 1.165) is 34.7 Å². The Balaban J connectivity index is 1.51. The number of carbonyl (C=O) groups excluding carboxylic acids is 1. The van der Waals surface area contributed by atoms with E-state index in [1.54, 1.807) is 11.3 Å². The lowest BCUT2D eigenvalue weighted by atomic mass is 10.1. The van der Waals surface area contributed by atoms with Crippen LogP contribution in [0.3, 0.4) is 0 Å². The Morgan fingerprint density at radius 2 is 2.27 bits per heavy atom. The third-order valence-electron chi connectivity index (χ3n) is 4.02. The van der Waals surface area contributed by atoms with Gasteiger partial charge in [-0.1, -0.05) is 24.3 Å². The normalized spacial score (nSPS) is 19.9. The lowest BCUT2D eigenvalue weighted by Gasteiger charge is -2.17. The largest absolute Gasteiger partial charge is 0.390 e. The molecule has 2 N–H and O–H groups in total. The van der Waals surface area contributed by atoms with Crippen molar-refractivity contribution in [3.05, 3.63) is 51.5 Å². The summed E-state index contributed by atoms with van der Waals surface area (Å²) in [5.41, 5.74) is 3.22. The van der Waals surface area contributed by atoms with E-state index in [1.807, 2.05) is 36.6 Å². The number of nitrogens with one attached hydrogen (secondary N) is 1. The summed E-state index contributed by atoms with van der Waals surface area (Å²) in [5.74, 6) is -0.00676. The van der Waals surface area contributed by atoms with Crippen LogP contribution in [0.4, 0.5) is 0 Å². The summed E-state index contributed by atoms with van der Waals surface area (Å²) in [6.45, 7) is 1.99. The summed E-state index contributed by atoms with van der Waals surface area (Å²) in [6.07, 6.45) is 2.14. The second kappa shape index (κ2) is 6.58. The van der Waals surface area contributed by atoms with Crippen LogP contribution in [-0.2, 0) is 17.6 Å². The molecule has 4 nitrogen and oxygen atoms in total. The standard InChI is InChI=1S/C17H20N2O2S/c1-11-18-13(10-22-11)6-4-8-16(21)19-17-14-7-3-2-5-12(14)9-15(17)20/h2-3,5,7,10,15,17,20H,4,6,8-9H2,1H3,(H,19,21). The van der Waals surface area contributed by atoms with E-state index < -0.39 is 6.10 Å². The number of hydrogen-bond acceptors (Lipinski definition) is 4. The molecule has 22 heavy (non-hydrogen) atoms. The lowest BCUT2D eigenvalue weighted by Crippen LogP contribution is -2.33. The molecule has 1 aromatic carbocycles. The number of benzene rings is 1. The molecule has 0 saturated heterocycles. The number of amides is 1. The van der Waals surface area contributed by atoms with Crippen molar-refractivity contribution >= 4 is 17.2 Å². The maximum atomic E-state index is 12.1. The van der Waals surface area contributed by atoms with Crippen molar-refractivity contribution in [1.82, 2.24) is 10.3 Å². The SMILES string of the molecule is Cc1nc(CCCC(=O)NC2c3ccccc3CC2O)cs1. The molecule has 0 aliphatic heterocycles. The van der Waals surface area contributed by atoms with Crippen molar-refractivity contribution in [3.63, 3.8) is 0 Å². The van der Waals surface area contributed by atoms with Crippen LogP contribution in [0.5, 0.6) is 0 Å². The fourth-order valence-electron chi connectivity index (χ4n) is 2.95. The van der Waals surface area contributed by atoms with Gasteiger partial charge in [0, 0.05) is 18.2 Å². The van der Waals surface area contributed by atoms with Gasteiger partial charge in [0.15, 0.2) is 0 Å². The summed E-state index contributed by atoms with van der Waals surface area (Å²) in [4.78, 5) is 16.5. The molecule has 0 saturated carbocycles. The second-order valence-corrected chi connectivity index (χ2v) is 6.79. The van der Waals surface area contributed by atoms with E-state index >= 15 is 0 Å². The van der Waals surface area contributed by atoms with Crippen LogP contribution in [-0.4, -0.2) is 22.1 Å². The van der Waals surface area contributed by atoms with Crippen LogP contribution in [0.25, 0.3) is 0 Å². The number of rotatable bonds is 5. The molecule has 0 bridgehead atoms. The molecule has 0 spiro atoms. The Bertz CT molecular complexity index is 668. The fraction of sp³-hybridized carbons (Fsp3) is 0.412. The van der Waals surface area contributed by atoms with Crippen molar-refractivity contribution in [1.29, 1.82) is 0 Å². The number of fused-ring (bicyclic) bond motifs is 1. The second-order valence-electron chi connectivity index (χ2n) is 5.73. The van der Waals surface area contributed by atoms with E-state index in [-0.39, 0.29) is 11.9 Å². The molecule has 0 fully saturated rings. The molecular formula is C17H20N2O2S. The molecular weight excluding hydrogens is 296 g/mol. The molecule has 3 rings (SSSR count). The molecule has 5 heteroatoms. The van der Waals surface area contributed by atoms with Gasteiger partial charge >= 0.3 is 0 Å². The Kier molecular flexibility index (Phi) is 4.55. The van der Waals surface area contributed by atoms with E-state index in [4.69, 9.17) is 0 Å². The Labute approximate surface area is 134 Å². The van der Waals surface area contributed by atoms with Crippen molar-refractivity contribution in [2.75, 3.05) is 0 Å². The van der Waals surface area contributed by atoms with E-state index in [2.05, 4.69) is 10.3 Å². The highest BCUT2D eigenvalue weighted by Gasteiger charge is 2.31. The predicted molar refractivity (Wildman–Crippen MR) is 86.8 cm³/mol. The first-order valence-corrected chi connectivity index (χ1v) is 8.47. The first kappa shape index (κ1) is 15.2. The van der Waals surface area contributed by atoms with Gasteiger partial charge in [-0.05, 0) is 30.9 Å². The monoisotopic (exact) mass is 316 g/mol. The fourth-order valence-corrected chi connectivity index (χ4v) is 3.59. The summed E-state index contributed by atoms with van der Waals surface area (Å²) in [6, 6.07) is 7.63. The van der Waals surface area contributed by atoms with Crippen molar-refractivity contribution < 1.29 is 9.90 Å². The van der Waals surface area contributed by atoms with Gasteiger partial charge in [0.2, 0.25) is 5.91 Å². The average Bonchev–Trinajstić information content (AvgIpc) is 3.03. The van der Waals surface area contributed by atoms with E-state index in [1.165, 1.54) is 0 Å². The summed E-state index contributed by atoms with van der Waals surface area (Å²) in [5, 5.41) is 16.2. The number of carbonyl (C=O) groups is 1. The van der Waals surface area contributed by atoms with Gasteiger partial charge in [-0.3, -0.25) is 4.79 Å². The zero-order chi connectivity index (χ0) is 15.5. The number of aliphatic hydroxyl groups is 1. The van der Waals surface area contributed by atoms with Gasteiger partial charge in [0.05, 0.1) is 22.8 Å². The van der Waals surface area contributed by atoms with Crippen molar-refractivity contribution in [3.8, 4) is 0 Å². The van der Waals surface area contributed by atoms with Gasteiger partial charge in [-0.15, -0.1) is 11.3 Å². The minimum absolute atomic E-state index is 0.00676.